The van der Waals surface area contributed by atoms with Gasteiger partial charge in [-0.05, 0) is 17.4 Å². The van der Waals surface area contributed by atoms with E-state index in [1.807, 2.05) is 24.3 Å². The van der Waals surface area contributed by atoms with Crippen molar-refractivity contribution in [2.75, 3.05) is 6.61 Å². The molecule has 0 heterocycles. The Bertz CT molecular complexity index is 330. The molecule has 0 amide bonds. The molecule has 1 nitrogen and oxygen atoms in total. The van der Waals surface area contributed by atoms with Crippen LogP contribution in [0, 0.1) is 11.3 Å². The van der Waals surface area contributed by atoms with Crippen molar-refractivity contribution in [3.05, 3.63) is 48.6 Å². The zero-order valence-electron chi connectivity index (χ0n) is 8.48. The fraction of sp³-hybridized carbons (Fsp3) is 0.385. The van der Waals surface area contributed by atoms with Gasteiger partial charge in [-0.15, -0.1) is 6.58 Å². The molecule has 14 heavy (non-hydrogen) atoms. The summed E-state index contributed by atoms with van der Waals surface area (Å²) in [6, 6.07) is 10.4. The van der Waals surface area contributed by atoms with Gasteiger partial charge >= 0.3 is 0 Å². The molecule has 74 valence electrons. The lowest BCUT2D eigenvalue weighted by Gasteiger charge is -2.07. The predicted octanol–water partition coefficient (Wildman–Crippen LogP) is 2.58. The van der Waals surface area contributed by atoms with Crippen LogP contribution in [0.4, 0.5) is 0 Å². The van der Waals surface area contributed by atoms with Crippen molar-refractivity contribution < 1.29 is 5.11 Å². The highest BCUT2D eigenvalue weighted by molar-refractivity contribution is 5.35. The van der Waals surface area contributed by atoms with E-state index in [9.17, 15) is 5.11 Å². The molecule has 1 saturated carbocycles. The Balaban J connectivity index is 2.28. The monoisotopic (exact) mass is 188 g/mol. The number of hydrogen-bond donors (Lipinski definition) is 1. The maximum atomic E-state index is 9.39. The van der Waals surface area contributed by atoms with Gasteiger partial charge in [-0.1, -0.05) is 43.3 Å². The first kappa shape index (κ1) is 9.47. The second kappa shape index (κ2) is 3.25. The molecule has 1 N–H and O–H groups in total. The molecule has 1 aliphatic rings. The van der Waals surface area contributed by atoms with Gasteiger partial charge in [0.1, 0.15) is 0 Å². The average Bonchev–Trinajstić information content (AvgIpc) is 2.85. The van der Waals surface area contributed by atoms with Gasteiger partial charge in [0.2, 0.25) is 0 Å². The van der Waals surface area contributed by atoms with Crippen LogP contribution in [0.1, 0.15) is 18.4 Å². The molecule has 0 unspecified atom stereocenters. The highest BCUT2D eigenvalue weighted by Gasteiger charge is 2.59. The third-order valence-corrected chi connectivity index (χ3v) is 3.63. The zero-order valence-corrected chi connectivity index (χ0v) is 8.48. The summed E-state index contributed by atoms with van der Waals surface area (Å²) in [5.74, 6) is 0.957. The van der Waals surface area contributed by atoms with E-state index in [1.54, 1.807) is 0 Å². The number of aliphatic hydroxyl groups excluding tert-OH is 1. The molecule has 1 heteroatoms. The molecule has 0 aliphatic heterocycles. The molecule has 0 aromatic heterocycles. The van der Waals surface area contributed by atoms with E-state index in [0.29, 0.717) is 11.8 Å². The van der Waals surface area contributed by atoms with Gasteiger partial charge in [-0.25, -0.2) is 0 Å². The summed E-state index contributed by atoms with van der Waals surface area (Å²) in [6.07, 6.45) is 1.91. The molecule has 1 fully saturated rings. The first-order chi connectivity index (χ1) is 6.76. The van der Waals surface area contributed by atoms with Gasteiger partial charge in [-0.3, -0.25) is 0 Å². The van der Waals surface area contributed by atoms with Gasteiger partial charge in [0.05, 0.1) is 6.61 Å². The smallest absolute Gasteiger partial charge is 0.0530 e. The first-order valence-electron chi connectivity index (χ1n) is 5.05. The van der Waals surface area contributed by atoms with Crippen molar-refractivity contribution in [3.8, 4) is 0 Å². The van der Waals surface area contributed by atoms with Crippen LogP contribution in [0.15, 0.2) is 43.0 Å². The summed E-state index contributed by atoms with van der Waals surface area (Å²) < 4.78 is 0. The Morgan fingerprint density at radius 2 is 2.07 bits per heavy atom. The van der Waals surface area contributed by atoms with E-state index in [4.69, 9.17) is 0 Å². The van der Waals surface area contributed by atoms with Gasteiger partial charge in [0.25, 0.3) is 0 Å². The van der Waals surface area contributed by atoms with E-state index >= 15 is 0 Å². The molecule has 1 aliphatic carbocycles. The number of aliphatic hydroxyl groups is 1. The molecule has 2 rings (SSSR count). The lowest BCUT2D eigenvalue weighted by Crippen LogP contribution is -2.06. The SMILES string of the molecule is C=C[C@]1(CO)[C@@H](C)[C@@H]1c1ccccc1. The van der Waals surface area contributed by atoms with E-state index in [0.717, 1.165) is 0 Å². The Morgan fingerprint density at radius 1 is 1.43 bits per heavy atom. The summed E-state index contributed by atoms with van der Waals surface area (Å²) in [6.45, 7) is 6.21. The number of hydrogen-bond acceptors (Lipinski definition) is 1. The van der Waals surface area contributed by atoms with Gasteiger partial charge in [0.15, 0.2) is 0 Å². The van der Waals surface area contributed by atoms with Crippen LogP contribution in [-0.2, 0) is 0 Å². The predicted molar refractivity (Wildman–Crippen MR) is 58.1 cm³/mol. The summed E-state index contributed by atoms with van der Waals surface area (Å²) in [7, 11) is 0. The molecule has 0 spiro atoms. The van der Waals surface area contributed by atoms with Gasteiger partial charge < -0.3 is 5.11 Å². The number of rotatable bonds is 3. The number of benzene rings is 1. The fourth-order valence-electron chi connectivity index (χ4n) is 2.53. The second-order valence-corrected chi connectivity index (χ2v) is 4.15. The van der Waals surface area contributed by atoms with Gasteiger partial charge in [-0.2, -0.15) is 0 Å². The highest BCUT2D eigenvalue weighted by atomic mass is 16.3. The molecule has 0 radical (unpaired) electrons. The third kappa shape index (κ3) is 1.12. The van der Waals surface area contributed by atoms with Gasteiger partial charge in [0, 0.05) is 5.41 Å². The summed E-state index contributed by atoms with van der Waals surface area (Å²) >= 11 is 0. The fourth-order valence-corrected chi connectivity index (χ4v) is 2.53. The van der Waals surface area contributed by atoms with Crippen molar-refractivity contribution in [1.29, 1.82) is 0 Å². The Labute approximate surface area is 85.1 Å². The molecular formula is C13H16O. The van der Waals surface area contributed by atoms with E-state index in [1.165, 1.54) is 5.56 Å². The van der Waals surface area contributed by atoms with Crippen molar-refractivity contribution in [2.45, 2.75) is 12.8 Å². The zero-order chi connectivity index (χ0) is 10.2. The summed E-state index contributed by atoms with van der Waals surface area (Å²) in [5, 5.41) is 9.39. The average molecular weight is 188 g/mol. The minimum absolute atomic E-state index is 0.0681. The van der Waals surface area contributed by atoms with Crippen LogP contribution in [0.25, 0.3) is 0 Å². The maximum absolute atomic E-state index is 9.39. The second-order valence-electron chi connectivity index (χ2n) is 4.15. The highest BCUT2D eigenvalue weighted by Crippen LogP contribution is 2.64. The van der Waals surface area contributed by atoms with Crippen molar-refractivity contribution in [1.82, 2.24) is 0 Å². The van der Waals surface area contributed by atoms with Crippen LogP contribution in [0.2, 0.25) is 0 Å². The van der Waals surface area contributed by atoms with Crippen LogP contribution in [0.3, 0.4) is 0 Å². The molecule has 0 bridgehead atoms. The van der Waals surface area contributed by atoms with Crippen molar-refractivity contribution in [3.63, 3.8) is 0 Å². The lowest BCUT2D eigenvalue weighted by atomic mass is 10.00. The normalized spacial score (nSPS) is 35.3. The topological polar surface area (TPSA) is 20.2 Å². The molecule has 3 atom stereocenters. The van der Waals surface area contributed by atoms with Crippen molar-refractivity contribution >= 4 is 0 Å². The minimum atomic E-state index is -0.0681. The van der Waals surface area contributed by atoms with Crippen LogP contribution < -0.4 is 0 Å². The van der Waals surface area contributed by atoms with Crippen LogP contribution in [0.5, 0.6) is 0 Å². The van der Waals surface area contributed by atoms with E-state index in [-0.39, 0.29) is 12.0 Å². The molecule has 1 aromatic carbocycles. The molecule has 1 aromatic rings. The van der Waals surface area contributed by atoms with Crippen LogP contribution in [-0.4, -0.2) is 11.7 Å². The van der Waals surface area contributed by atoms with Crippen molar-refractivity contribution in [2.24, 2.45) is 11.3 Å². The summed E-state index contributed by atoms with van der Waals surface area (Å²) in [4.78, 5) is 0. The van der Waals surface area contributed by atoms with Crippen LogP contribution >= 0.6 is 0 Å². The Hall–Kier alpha value is -1.08. The standard InChI is InChI=1S/C13H16O/c1-3-13(9-14)10(2)12(13)11-7-5-4-6-8-11/h3-8,10,12,14H,1,9H2,2H3/t10-,12+,13-/m0/s1. The third-order valence-electron chi connectivity index (χ3n) is 3.63. The largest absolute Gasteiger partial charge is 0.395 e. The maximum Gasteiger partial charge on any atom is 0.0530 e. The molecule has 0 saturated heterocycles. The van der Waals surface area contributed by atoms with E-state index in [2.05, 4.69) is 25.6 Å². The first-order valence-corrected chi connectivity index (χ1v) is 5.05. The quantitative estimate of drug-likeness (QED) is 0.723. The Morgan fingerprint density at radius 3 is 2.50 bits per heavy atom. The Kier molecular flexibility index (Phi) is 2.20. The van der Waals surface area contributed by atoms with E-state index < -0.39 is 0 Å². The lowest BCUT2D eigenvalue weighted by molar-refractivity contribution is 0.230. The summed E-state index contributed by atoms with van der Waals surface area (Å²) in [5.41, 5.74) is 1.25. The molecular weight excluding hydrogens is 172 g/mol. The minimum Gasteiger partial charge on any atom is -0.395 e.